The van der Waals surface area contributed by atoms with Crippen LogP contribution in [0.2, 0.25) is 0 Å². The Morgan fingerprint density at radius 1 is 0.889 bits per heavy atom. The quantitative estimate of drug-likeness (QED) is 0.856. The van der Waals surface area contributed by atoms with E-state index in [1.165, 1.54) is 0 Å². The average Bonchev–Trinajstić information content (AvgIpc) is 3.22. The smallest absolute Gasteiger partial charge is 0.249 e. The Hall–Kier alpha value is -2.66. The minimum atomic E-state index is -0.664. The monoisotopic (exact) mass is 365 g/mol. The highest BCUT2D eigenvalue weighted by Gasteiger charge is 2.32. The molecule has 2 unspecified atom stereocenters. The van der Waals surface area contributed by atoms with E-state index in [4.69, 9.17) is 0 Å². The molecule has 5 heteroatoms. The second-order valence-corrected chi connectivity index (χ2v) is 7.16. The summed E-state index contributed by atoms with van der Waals surface area (Å²) in [6.45, 7) is 1.52. The number of hydrogen-bond donors (Lipinski definition) is 1. The molecule has 0 spiro atoms. The molecule has 1 aliphatic heterocycles. The van der Waals surface area contributed by atoms with Gasteiger partial charge in [-0.05, 0) is 38.1 Å². The molecule has 1 N–H and O–H groups in total. The fourth-order valence-corrected chi connectivity index (χ4v) is 3.59. The first-order chi connectivity index (χ1) is 13.1. The second kappa shape index (κ2) is 8.82. The lowest BCUT2D eigenvalue weighted by molar-refractivity contribution is -0.137. The van der Waals surface area contributed by atoms with Gasteiger partial charge in [-0.15, -0.1) is 0 Å². The van der Waals surface area contributed by atoms with Gasteiger partial charge >= 0.3 is 0 Å². The predicted molar refractivity (Wildman–Crippen MR) is 106 cm³/mol. The highest BCUT2D eigenvalue weighted by molar-refractivity contribution is 5.91. The number of amides is 2. The molecule has 2 aromatic carbocycles. The number of carbonyl (C=O) groups is 2. The van der Waals surface area contributed by atoms with E-state index in [9.17, 15) is 9.59 Å². The molecular formula is C22H27N3O2. The molecule has 1 aliphatic rings. The van der Waals surface area contributed by atoms with Crippen LogP contribution in [0.25, 0.3) is 0 Å². The van der Waals surface area contributed by atoms with Crippen LogP contribution in [0.1, 0.15) is 36.1 Å². The number of rotatable bonds is 6. The zero-order valence-electron chi connectivity index (χ0n) is 16.0. The van der Waals surface area contributed by atoms with Gasteiger partial charge in [0.25, 0.3) is 0 Å². The number of benzene rings is 2. The molecule has 5 nitrogen and oxygen atoms in total. The number of likely N-dealkylation sites (N-methyl/N-ethyl adjacent to an activating group) is 1. The van der Waals surface area contributed by atoms with Crippen molar-refractivity contribution in [1.29, 1.82) is 0 Å². The van der Waals surface area contributed by atoms with E-state index < -0.39 is 12.1 Å². The number of hydrogen-bond acceptors (Lipinski definition) is 3. The molecule has 2 atom stereocenters. The number of carbonyl (C=O) groups excluding carboxylic acids is 2. The van der Waals surface area contributed by atoms with Crippen LogP contribution in [0.15, 0.2) is 60.7 Å². The Kier molecular flexibility index (Phi) is 6.24. The molecule has 0 saturated carbocycles. The maximum absolute atomic E-state index is 13.2. The van der Waals surface area contributed by atoms with Gasteiger partial charge < -0.3 is 10.2 Å². The van der Waals surface area contributed by atoms with Crippen molar-refractivity contribution in [2.45, 2.75) is 24.9 Å². The van der Waals surface area contributed by atoms with Crippen molar-refractivity contribution in [2.24, 2.45) is 0 Å². The normalized spacial score (nSPS) is 16.2. The summed E-state index contributed by atoms with van der Waals surface area (Å²) in [5, 5.41) is 3.02. The lowest BCUT2D eigenvalue weighted by atomic mass is 10.0. The van der Waals surface area contributed by atoms with E-state index in [1.807, 2.05) is 84.6 Å². The van der Waals surface area contributed by atoms with Gasteiger partial charge in [-0.25, -0.2) is 0 Å². The third-order valence-electron chi connectivity index (χ3n) is 4.96. The third-order valence-corrected chi connectivity index (χ3v) is 4.96. The van der Waals surface area contributed by atoms with Crippen molar-refractivity contribution in [2.75, 3.05) is 27.2 Å². The maximum atomic E-state index is 13.2. The lowest BCUT2D eigenvalue weighted by Crippen LogP contribution is -2.45. The van der Waals surface area contributed by atoms with Crippen LogP contribution in [0.5, 0.6) is 0 Å². The van der Waals surface area contributed by atoms with Gasteiger partial charge in [0.15, 0.2) is 0 Å². The summed E-state index contributed by atoms with van der Waals surface area (Å²) >= 11 is 0. The van der Waals surface area contributed by atoms with Crippen LogP contribution in [-0.2, 0) is 9.59 Å². The lowest BCUT2D eigenvalue weighted by Gasteiger charge is -2.29. The molecule has 3 rings (SSSR count). The Labute approximate surface area is 161 Å². The Morgan fingerprint density at radius 3 is 1.93 bits per heavy atom. The van der Waals surface area contributed by atoms with Gasteiger partial charge in [-0.2, -0.15) is 0 Å². The van der Waals surface area contributed by atoms with Gasteiger partial charge in [0.2, 0.25) is 11.8 Å². The minimum absolute atomic E-state index is 0.0300. The van der Waals surface area contributed by atoms with Crippen LogP contribution in [0, 0.1) is 0 Å². The Bertz CT molecular complexity index is 756. The summed E-state index contributed by atoms with van der Waals surface area (Å²) in [7, 11) is 3.74. The number of likely N-dealkylation sites (tertiary alicyclic amines) is 1. The van der Waals surface area contributed by atoms with Crippen LogP contribution >= 0.6 is 0 Å². The average molecular weight is 365 g/mol. The first-order valence-electron chi connectivity index (χ1n) is 9.43. The molecule has 1 heterocycles. The third kappa shape index (κ3) is 4.55. The molecule has 2 aromatic rings. The Morgan fingerprint density at radius 2 is 1.41 bits per heavy atom. The highest BCUT2D eigenvalue weighted by Crippen LogP contribution is 2.23. The largest absolute Gasteiger partial charge is 0.341 e. The molecule has 1 fully saturated rings. The fraction of sp³-hybridized carbons (Fsp3) is 0.364. The summed E-state index contributed by atoms with van der Waals surface area (Å²) in [5.74, 6) is -0.204. The van der Waals surface area contributed by atoms with E-state index >= 15 is 0 Å². The molecule has 0 aromatic heterocycles. The van der Waals surface area contributed by atoms with Crippen molar-refractivity contribution < 1.29 is 9.59 Å². The van der Waals surface area contributed by atoms with E-state index in [-0.39, 0.29) is 11.8 Å². The fourth-order valence-electron chi connectivity index (χ4n) is 3.59. The van der Waals surface area contributed by atoms with Crippen molar-refractivity contribution in [3.63, 3.8) is 0 Å². The zero-order valence-corrected chi connectivity index (χ0v) is 16.0. The van der Waals surface area contributed by atoms with Gasteiger partial charge in [-0.1, -0.05) is 60.7 Å². The van der Waals surface area contributed by atoms with Crippen LogP contribution in [0.4, 0.5) is 0 Å². The first-order valence-corrected chi connectivity index (χ1v) is 9.43. The summed E-state index contributed by atoms with van der Waals surface area (Å²) in [6, 6.07) is 18.0. The van der Waals surface area contributed by atoms with Gasteiger partial charge in [0.05, 0.1) is 0 Å². The van der Waals surface area contributed by atoms with Crippen LogP contribution < -0.4 is 5.32 Å². The van der Waals surface area contributed by atoms with Gasteiger partial charge in [0.1, 0.15) is 12.1 Å². The molecule has 142 valence electrons. The first kappa shape index (κ1) is 19.1. The van der Waals surface area contributed by atoms with E-state index in [0.29, 0.717) is 0 Å². The maximum Gasteiger partial charge on any atom is 0.249 e. The standard InChI is InChI=1S/C22H27N3O2/c1-24(2)20(18-13-7-4-8-14-18)21(26)23-19(17-11-5-3-6-12-17)22(27)25-15-9-10-16-25/h3-8,11-14,19-20H,9-10,15-16H2,1-2H3,(H,23,26). The van der Waals surface area contributed by atoms with Gasteiger partial charge in [0, 0.05) is 13.1 Å². The van der Waals surface area contributed by atoms with Crippen molar-refractivity contribution in [3.05, 3.63) is 71.8 Å². The van der Waals surface area contributed by atoms with Gasteiger partial charge in [-0.3, -0.25) is 14.5 Å². The van der Waals surface area contributed by atoms with E-state index in [2.05, 4.69) is 5.32 Å². The van der Waals surface area contributed by atoms with Crippen molar-refractivity contribution >= 4 is 11.8 Å². The number of nitrogens with zero attached hydrogens (tertiary/aromatic N) is 2. The van der Waals surface area contributed by atoms with Crippen LogP contribution in [-0.4, -0.2) is 48.8 Å². The summed E-state index contributed by atoms with van der Waals surface area (Å²) in [4.78, 5) is 30.0. The summed E-state index contributed by atoms with van der Waals surface area (Å²) in [6.07, 6.45) is 2.04. The molecule has 27 heavy (non-hydrogen) atoms. The highest BCUT2D eigenvalue weighted by atomic mass is 16.2. The molecule has 0 radical (unpaired) electrons. The zero-order chi connectivity index (χ0) is 19.2. The number of nitrogens with one attached hydrogen (secondary N) is 1. The van der Waals surface area contributed by atoms with E-state index in [1.54, 1.807) is 0 Å². The SMILES string of the molecule is CN(C)C(C(=O)NC(C(=O)N1CCCC1)c1ccccc1)c1ccccc1. The molecule has 0 aliphatic carbocycles. The van der Waals surface area contributed by atoms with Crippen molar-refractivity contribution in [1.82, 2.24) is 15.1 Å². The summed E-state index contributed by atoms with van der Waals surface area (Å²) in [5.41, 5.74) is 1.72. The second-order valence-electron chi connectivity index (χ2n) is 7.16. The molecular weight excluding hydrogens is 338 g/mol. The van der Waals surface area contributed by atoms with Crippen LogP contribution in [0.3, 0.4) is 0 Å². The van der Waals surface area contributed by atoms with E-state index in [0.717, 1.165) is 37.1 Å². The Balaban J connectivity index is 1.86. The minimum Gasteiger partial charge on any atom is -0.341 e. The predicted octanol–water partition coefficient (Wildman–Crippen LogP) is 2.77. The van der Waals surface area contributed by atoms with Crippen molar-refractivity contribution in [3.8, 4) is 0 Å². The molecule has 2 amide bonds. The summed E-state index contributed by atoms with van der Waals surface area (Å²) < 4.78 is 0. The molecule has 1 saturated heterocycles. The topological polar surface area (TPSA) is 52.7 Å². The molecule has 0 bridgehead atoms.